The van der Waals surface area contributed by atoms with Crippen molar-refractivity contribution in [2.75, 3.05) is 13.1 Å². The average molecular weight is 328 g/mol. The summed E-state index contributed by atoms with van der Waals surface area (Å²) in [5.41, 5.74) is 3.50. The molecule has 0 saturated carbocycles. The van der Waals surface area contributed by atoms with Crippen LogP contribution in [0.3, 0.4) is 0 Å². The van der Waals surface area contributed by atoms with Gasteiger partial charge < -0.3 is 9.32 Å². The fourth-order valence-electron chi connectivity index (χ4n) is 3.78. The minimum Gasteiger partial charge on any atom is -0.456 e. The maximum atomic E-state index is 12.6. The summed E-state index contributed by atoms with van der Waals surface area (Å²) in [7, 11) is 1.98. The van der Waals surface area contributed by atoms with E-state index in [0.717, 1.165) is 36.8 Å². The fraction of sp³-hybridized carbons (Fsp3) is 0.556. The highest BCUT2D eigenvalue weighted by atomic mass is 16.3. The number of aromatic nitrogens is 2. The Morgan fingerprint density at radius 3 is 2.71 bits per heavy atom. The summed E-state index contributed by atoms with van der Waals surface area (Å²) >= 11 is 0. The van der Waals surface area contributed by atoms with E-state index < -0.39 is 0 Å². The molecule has 6 nitrogen and oxygen atoms in total. The van der Waals surface area contributed by atoms with Crippen LogP contribution in [0.2, 0.25) is 0 Å². The Balaban J connectivity index is 1.51. The summed E-state index contributed by atoms with van der Waals surface area (Å²) in [6.07, 6.45) is 3.89. The van der Waals surface area contributed by atoms with Gasteiger partial charge in [0.15, 0.2) is 5.76 Å². The van der Waals surface area contributed by atoms with Crippen LogP contribution in [-0.4, -0.2) is 38.6 Å². The summed E-state index contributed by atoms with van der Waals surface area (Å²) in [5, 5.41) is 4.71. The van der Waals surface area contributed by atoms with Crippen molar-refractivity contribution in [1.29, 1.82) is 0 Å². The summed E-state index contributed by atoms with van der Waals surface area (Å²) < 4.78 is 7.43. The molecule has 0 aliphatic carbocycles. The molecule has 0 bridgehead atoms. The van der Waals surface area contributed by atoms with Gasteiger partial charge in [0.05, 0.1) is 24.5 Å². The van der Waals surface area contributed by atoms with Crippen LogP contribution in [0.25, 0.3) is 0 Å². The monoisotopic (exact) mass is 328 g/mol. The van der Waals surface area contributed by atoms with Crippen molar-refractivity contribution in [3.63, 3.8) is 0 Å². The molecule has 2 aliphatic heterocycles. The second-order valence-electron chi connectivity index (χ2n) is 6.90. The third kappa shape index (κ3) is 2.75. The van der Waals surface area contributed by atoms with Crippen LogP contribution >= 0.6 is 0 Å². The summed E-state index contributed by atoms with van der Waals surface area (Å²) in [6, 6.07) is 3.59. The maximum Gasteiger partial charge on any atom is 0.290 e. The lowest BCUT2D eigenvalue weighted by Crippen LogP contribution is -2.30. The number of aryl methyl sites for hydroxylation is 2. The van der Waals surface area contributed by atoms with Crippen LogP contribution in [0.15, 0.2) is 16.5 Å². The Labute approximate surface area is 142 Å². The van der Waals surface area contributed by atoms with E-state index in [2.05, 4.69) is 4.90 Å². The molecule has 1 amide bonds. The topological polar surface area (TPSA) is 54.5 Å². The van der Waals surface area contributed by atoms with Crippen molar-refractivity contribution in [2.24, 2.45) is 7.05 Å². The van der Waals surface area contributed by atoms with E-state index in [0.29, 0.717) is 18.8 Å². The van der Waals surface area contributed by atoms with E-state index in [9.17, 15) is 4.79 Å². The van der Waals surface area contributed by atoms with Crippen molar-refractivity contribution in [3.05, 3.63) is 40.6 Å². The molecular weight excluding hydrogens is 304 g/mol. The van der Waals surface area contributed by atoms with Crippen molar-refractivity contribution in [2.45, 2.75) is 45.8 Å². The Morgan fingerprint density at radius 1 is 1.21 bits per heavy atom. The van der Waals surface area contributed by atoms with E-state index in [1.165, 1.54) is 24.8 Å². The first-order chi connectivity index (χ1) is 11.6. The molecule has 24 heavy (non-hydrogen) atoms. The summed E-state index contributed by atoms with van der Waals surface area (Å²) in [5.74, 6) is 1.15. The SMILES string of the molecule is Cc1ccc(C(=O)N2Cc3c(CN4CCCCC4)nn(C)c3C2)o1. The zero-order valence-electron chi connectivity index (χ0n) is 14.4. The number of carbonyl (C=O) groups excluding carboxylic acids is 1. The second kappa shape index (κ2) is 6.09. The van der Waals surface area contributed by atoms with Gasteiger partial charge in [-0.25, -0.2) is 0 Å². The number of fused-ring (bicyclic) bond motifs is 1. The largest absolute Gasteiger partial charge is 0.456 e. The lowest BCUT2D eigenvalue weighted by molar-refractivity contribution is 0.0714. The van der Waals surface area contributed by atoms with E-state index in [1.807, 2.05) is 29.6 Å². The molecule has 2 aliphatic rings. The standard InChI is InChI=1S/C18H24N4O2/c1-13-6-7-17(24-13)18(23)22-10-14-15(19-20(2)16(14)12-22)11-21-8-4-3-5-9-21/h6-7H,3-5,8-12H2,1-2H3. The molecular formula is C18H24N4O2. The predicted molar refractivity (Wildman–Crippen MR) is 89.4 cm³/mol. The minimum absolute atomic E-state index is 0.0387. The molecule has 0 spiro atoms. The van der Waals surface area contributed by atoms with Crippen LogP contribution in [0, 0.1) is 6.92 Å². The smallest absolute Gasteiger partial charge is 0.290 e. The molecule has 1 saturated heterocycles. The van der Waals surface area contributed by atoms with Gasteiger partial charge in [-0.2, -0.15) is 5.10 Å². The Bertz CT molecular complexity index is 755. The van der Waals surface area contributed by atoms with Crippen LogP contribution in [-0.2, 0) is 26.7 Å². The zero-order valence-corrected chi connectivity index (χ0v) is 14.4. The van der Waals surface area contributed by atoms with Gasteiger partial charge in [0, 0.05) is 19.2 Å². The van der Waals surface area contributed by atoms with Crippen molar-refractivity contribution in [1.82, 2.24) is 19.6 Å². The third-order valence-corrected chi connectivity index (χ3v) is 5.11. The second-order valence-corrected chi connectivity index (χ2v) is 6.90. The first kappa shape index (κ1) is 15.4. The number of hydrogen-bond acceptors (Lipinski definition) is 4. The molecule has 2 aromatic rings. The average Bonchev–Trinajstić information content (AvgIpc) is 3.26. The molecule has 1 fully saturated rings. The number of rotatable bonds is 3. The van der Waals surface area contributed by atoms with Crippen LogP contribution in [0.4, 0.5) is 0 Å². The molecule has 0 aromatic carbocycles. The van der Waals surface area contributed by atoms with Crippen molar-refractivity contribution < 1.29 is 9.21 Å². The number of hydrogen-bond donors (Lipinski definition) is 0. The number of likely N-dealkylation sites (tertiary alicyclic amines) is 1. The van der Waals surface area contributed by atoms with E-state index in [-0.39, 0.29) is 5.91 Å². The van der Waals surface area contributed by atoms with Gasteiger partial charge in [0.1, 0.15) is 5.76 Å². The Morgan fingerprint density at radius 2 is 2.00 bits per heavy atom. The third-order valence-electron chi connectivity index (χ3n) is 5.11. The van der Waals surface area contributed by atoms with Crippen LogP contribution in [0.5, 0.6) is 0 Å². The van der Waals surface area contributed by atoms with Crippen LogP contribution in [0.1, 0.15) is 52.5 Å². The molecule has 4 heterocycles. The Kier molecular flexibility index (Phi) is 3.92. The summed E-state index contributed by atoms with van der Waals surface area (Å²) in [6.45, 7) is 6.29. The molecule has 6 heteroatoms. The normalized spacial score (nSPS) is 18.2. The first-order valence-electron chi connectivity index (χ1n) is 8.73. The quantitative estimate of drug-likeness (QED) is 0.868. The molecule has 2 aromatic heterocycles. The summed E-state index contributed by atoms with van der Waals surface area (Å²) in [4.78, 5) is 17.0. The molecule has 0 unspecified atom stereocenters. The predicted octanol–water partition coefficient (Wildman–Crippen LogP) is 2.46. The highest BCUT2D eigenvalue weighted by Gasteiger charge is 2.31. The van der Waals surface area contributed by atoms with Gasteiger partial charge in [-0.3, -0.25) is 14.4 Å². The fourth-order valence-corrected chi connectivity index (χ4v) is 3.78. The van der Waals surface area contributed by atoms with Crippen LogP contribution < -0.4 is 0 Å². The van der Waals surface area contributed by atoms with E-state index in [1.54, 1.807) is 6.07 Å². The Hall–Kier alpha value is -2.08. The highest BCUT2D eigenvalue weighted by molar-refractivity contribution is 5.91. The number of furan rings is 1. The molecule has 0 radical (unpaired) electrons. The van der Waals surface area contributed by atoms with Crippen molar-refractivity contribution in [3.8, 4) is 0 Å². The van der Waals surface area contributed by atoms with Gasteiger partial charge in [-0.1, -0.05) is 6.42 Å². The molecule has 128 valence electrons. The van der Waals surface area contributed by atoms with Gasteiger partial charge >= 0.3 is 0 Å². The molecule has 4 rings (SSSR count). The lowest BCUT2D eigenvalue weighted by Gasteiger charge is -2.26. The van der Waals surface area contributed by atoms with Crippen molar-refractivity contribution >= 4 is 5.91 Å². The molecule has 0 N–H and O–H groups in total. The van der Waals surface area contributed by atoms with Gasteiger partial charge in [-0.05, 0) is 45.0 Å². The van der Waals surface area contributed by atoms with Gasteiger partial charge in [-0.15, -0.1) is 0 Å². The number of amides is 1. The minimum atomic E-state index is -0.0387. The van der Waals surface area contributed by atoms with E-state index >= 15 is 0 Å². The number of carbonyl (C=O) groups is 1. The maximum absolute atomic E-state index is 12.6. The zero-order chi connectivity index (χ0) is 16.7. The van der Waals surface area contributed by atoms with Gasteiger partial charge in [0.2, 0.25) is 0 Å². The lowest BCUT2D eigenvalue weighted by atomic mass is 10.1. The first-order valence-corrected chi connectivity index (χ1v) is 8.73. The van der Waals surface area contributed by atoms with Gasteiger partial charge in [0.25, 0.3) is 5.91 Å². The molecule has 0 atom stereocenters. The van der Waals surface area contributed by atoms with E-state index in [4.69, 9.17) is 9.52 Å². The highest BCUT2D eigenvalue weighted by Crippen LogP contribution is 2.28. The number of piperidine rings is 1. The number of nitrogens with zero attached hydrogens (tertiary/aromatic N) is 4.